The van der Waals surface area contributed by atoms with Gasteiger partial charge in [0.05, 0.1) is 10.4 Å². The molecular formula is C13H23BrN2O3S2. The normalized spacial score (nSPS) is 13.5. The van der Waals surface area contributed by atoms with Crippen LogP contribution in [-0.4, -0.2) is 34.2 Å². The minimum atomic E-state index is -3.52. The maximum Gasteiger partial charge on any atom is 0.242 e. The lowest BCUT2D eigenvalue weighted by Crippen LogP contribution is -2.35. The molecule has 5 nitrogen and oxygen atoms in total. The van der Waals surface area contributed by atoms with Crippen LogP contribution in [0.25, 0.3) is 0 Å². The summed E-state index contributed by atoms with van der Waals surface area (Å²) in [6, 6.07) is 1.45. The molecule has 0 fully saturated rings. The Bertz CT molecular complexity index is 532. The van der Waals surface area contributed by atoms with E-state index < -0.39 is 10.0 Å². The lowest BCUT2D eigenvalue weighted by atomic mass is 10.4. The predicted octanol–water partition coefficient (Wildman–Crippen LogP) is 2.71. The van der Waals surface area contributed by atoms with Crippen molar-refractivity contribution in [2.75, 3.05) is 19.8 Å². The van der Waals surface area contributed by atoms with Crippen molar-refractivity contribution >= 4 is 37.3 Å². The van der Waals surface area contributed by atoms with E-state index in [0.29, 0.717) is 28.4 Å². The molecule has 0 aliphatic carbocycles. The molecule has 0 aromatic carbocycles. The Morgan fingerprint density at radius 3 is 2.76 bits per heavy atom. The summed E-state index contributed by atoms with van der Waals surface area (Å²) in [4.78, 5) is 1.29. The summed E-state index contributed by atoms with van der Waals surface area (Å²) in [6.07, 6.45) is 1.05. The van der Waals surface area contributed by atoms with Gasteiger partial charge >= 0.3 is 0 Å². The van der Waals surface area contributed by atoms with Gasteiger partial charge in [-0.05, 0) is 48.8 Å². The number of halogens is 1. The first-order valence-corrected chi connectivity index (χ1v) is 10.1. The lowest BCUT2D eigenvalue weighted by molar-refractivity contribution is 0.133. The molecule has 0 radical (unpaired) electrons. The first-order valence-electron chi connectivity index (χ1n) is 6.99. The van der Waals surface area contributed by atoms with Gasteiger partial charge in [-0.1, -0.05) is 6.92 Å². The van der Waals surface area contributed by atoms with Gasteiger partial charge in [0.25, 0.3) is 0 Å². The van der Waals surface area contributed by atoms with Gasteiger partial charge in [-0.3, -0.25) is 0 Å². The molecule has 1 atom stereocenters. The monoisotopic (exact) mass is 398 g/mol. The molecule has 1 unspecified atom stereocenters. The van der Waals surface area contributed by atoms with E-state index in [1.165, 1.54) is 11.3 Å². The van der Waals surface area contributed by atoms with E-state index in [0.717, 1.165) is 17.8 Å². The fraction of sp³-hybridized carbons (Fsp3) is 0.692. The van der Waals surface area contributed by atoms with Gasteiger partial charge in [-0.25, -0.2) is 13.1 Å². The number of hydrogen-bond acceptors (Lipinski definition) is 5. The van der Waals surface area contributed by atoms with Crippen molar-refractivity contribution in [3.63, 3.8) is 0 Å². The Balaban J connectivity index is 2.74. The highest BCUT2D eigenvalue weighted by Crippen LogP contribution is 2.31. The van der Waals surface area contributed by atoms with Crippen LogP contribution in [0.2, 0.25) is 0 Å². The Morgan fingerprint density at radius 1 is 1.43 bits per heavy atom. The molecule has 0 aliphatic heterocycles. The Morgan fingerprint density at radius 2 is 2.14 bits per heavy atom. The molecule has 0 bridgehead atoms. The van der Waals surface area contributed by atoms with Gasteiger partial charge in [0.1, 0.15) is 4.90 Å². The van der Waals surface area contributed by atoms with Crippen LogP contribution in [0.3, 0.4) is 0 Å². The summed E-state index contributed by atoms with van der Waals surface area (Å²) in [5.41, 5.74) is 0. The topological polar surface area (TPSA) is 67.4 Å². The van der Waals surface area contributed by atoms with Crippen LogP contribution < -0.4 is 10.0 Å². The first-order chi connectivity index (χ1) is 9.90. The van der Waals surface area contributed by atoms with E-state index in [9.17, 15) is 8.42 Å². The third kappa shape index (κ3) is 6.33. The van der Waals surface area contributed by atoms with Gasteiger partial charge in [-0.15, -0.1) is 11.3 Å². The molecule has 2 N–H and O–H groups in total. The smallest absolute Gasteiger partial charge is 0.242 e. The molecule has 0 amide bonds. The number of rotatable bonds is 10. The fourth-order valence-electron chi connectivity index (χ4n) is 1.71. The average molecular weight is 399 g/mol. The van der Waals surface area contributed by atoms with Gasteiger partial charge in [0.15, 0.2) is 0 Å². The second-order valence-electron chi connectivity index (χ2n) is 4.71. The van der Waals surface area contributed by atoms with E-state index in [2.05, 4.69) is 32.9 Å². The highest BCUT2D eigenvalue weighted by molar-refractivity contribution is 9.11. The van der Waals surface area contributed by atoms with E-state index in [1.54, 1.807) is 13.0 Å². The Hall–Kier alpha value is 0.01000. The molecule has 0 spiro atoms. The first kappa shape index (κ1) is 19.1. The third-order valence-electron chi connectivity index (χ3n) is 2.65. The van der Waals surface area contributed by atoms with Crippen molar-refractivity contribution in [3.05, 3.63) is 14.7 Å². The van der Waals surface area contributed by atoms with Crippen molar-refractivity contribution < 1.29 is 13.2 Å². The Kier molecular flexibility index (Phi) is 8.36. The number of thiophene rings is 1. The lowest BCUT2D eigenvalue weighted by Gasteiger charge is -2.13. The molecule has 1 heterocycles. The van der Waals surface area contributed by atoms with Crippen LogP contribution in [0.4, 0.5) is 0 Å². The quantitative estimate of drug-likeness (QED) is 0.594. The summed E-state index contributed by atoms with van der Waals surface area (Å²) < 4.78 is 33.2. The molecule has 8 heteroatoms. The molecule has 0 aliphatic rings. The van der Waals surface area contributed by atoms with Gasteiger partial charge in [0, 0.05) is 24.1 Å². The second-order valence-corrected chi connectivity index (χ2v) is 8.85. The summed E-state index contributed by atoms with van der Waals surface area (Å²) in [7, 11) is -3.52. The average Bonchev–Trinajstić information content (AvgIpc) is 2.78. The molecule has 0 saturated carbocycles. The zero-order valence-corrected chi connectivity index (χ0v) is 15.8. The zero-order chi connectivity index (χ0) is 15.9. The van der Waals surface area contributed by atoms with Crippen molar-refractivity contribution in [2.24, 2.45) is 0 Å². The summed E-state index contributed by atoms with van der Waals surface area (Å²) >= 11 is 4.79. The number of ether oxygens (including phenoxy) is 1. The Labute approximate surface area is 139 Å². The number of nitrogens with one attached hydrogen (secondary N) is 2. The largest absolute Gasteiger partial charge is 0.380 e. The third-order valence-corrected chi connectivity index (χ3v) is 6.49. The summed E-state index contributed by atoms with van der Waals surface area (Å²) in [5, 5.41) is 3.27. The van der Waals surface area contributed by atoms with Crippen LogP contribution in [0.1, 0.15) is 32.1 Å². The van der Waals surface area contributed by atoms with Crippen molar-refractivity contribution in [2.45, 2.75) is 44.7 Å². The zero-order valence-electron chi connectivity index (χ0n) is 12.6. The molecule has 122 valence electrons. The molecule has 1 aromatic rings. The van der Waals surface area contributed by atoms with E-state index in [-0.39, 0.29) is 6.04 Å². The van der Waals surface area contributed by atoms with Crippen LogP contribution in [0.5, 0.6) is 0 Å². The highest BCUT2D eigenvalue weighted by atomic mass is 79.9. The maximum atomic E-state index is 12.4. The predicted molar refractivity (Wildman–Crippen MR) is 90.3 cm³/mol. The van der Waals surface area contributed by atoms with Crippen LogP contribution in [-0.2, 0) is 21.3 Å². The standard InChI is InChI=1S/C13H23BrN2O3S2/c1-4-6-15-8-11-7-12(13(14)20-11)21(17,18)16-10(3)9-19-5-2/h7,10,15-16H,4-6,8-9H2,1-3H3. The van der Waals surface area contributed by atoms with Gasteiger partial charge < -0.3 is 10.1 Å². The minimum Gasteiger partial charge on any atom is -0.380 e. The van der Waals surface area contributed by atoms with Crippen molar-refractivity contribution in [1.82, 2.24) is 10.0 Å². The fourth-order valence-corrected chi connectivity index (χ4v) is 5.59. The van der Waals surface area contributed by atoms with Crippen LogP contribution in [0.15, 0.2) is 14.7 Å². The molecular weight excluding hydrogens is 376 g/mol. The number of sulfonamides is 1. The van der Waals surface area contributed by atoms with E-state index in [1.807, 2.05) is 6.92 Å². The SMILES string of the molecule is CCCNCc1cc(S(=O)(=O)NC(C)COCC)c(Br)s1. The second kappa shape index (κ2) is 9.22. The van der Waals surface area contributed by atoms with Crippen LogP contribution >= 0.6 is 27.3 Å². The van der Waals surface area contributed by atoms with E-state index in [4.69, 9.17) is 4.74 Å². The molecule has 1 rings (SSSR count). The number of hydrogen-bond donors (Lipinski definition) is 2. The molecule has 21 heavy (non-hydrogen) atoms. The highest BCUT2D eigenvalue weighted by Gasteiger charge is 2.22. The molecule has 0 saturated heterocycles. The van der Waals surface area contributed by atoms with Crippen LogP contribution in [0, 0.1) is 0 Å². The maximum absolute atomic E-state index is 12.4. The van der Waals surface area contributed by atoms with Crippen molar-refractivity contribution in [3.8, 4) is 0 Å². The van der Waals surface area contributed by atoms with Crippen molar-refractivity contribution in [1.29, 1.82) is 0 Å². The molecule has 1 aromatic heterocycles. The van der Waals surface area contributed by atoms with E-state index >= 15 is 0 Å². The van der Waals surface area contributed by atoms with Gasteiger partial charge in [0.2, 0.25) is 10.0 Å². The summed E-state index contributed by atoms with van der Waals surface area (Å²) in [6.45, 7) is 8.30. The van der Waals surface area contributed by atoms with Gasteiger partial charge in [-0.2, -0.15) is 0 Å². The minimum absolute atomic E-state index is 0.261. The summed E-state index contributed by atoms with van der Waals surface area (Å²) in [5.74, 6) is 0.